The van der Waals surface area contributed by atoms with Crippen LogP contribution >= 0.6 is 27.7 Å². The molecular formula is C34H26BrNO4S. The number of imide groups is 1. The zero-order valence-corrected chi connectivity index (χ0v) is 24.7. The summed E-state index contributed by atoms with van der Waals surface area (Å²) in [6, 6.07) is 32.0. The number of fused-ring (bicyclic) bond motifs is 2. The van der Waals surface area contributed by atoms with Crippen LogP contribution in [0.3, 0.4) is 0 Å². The topological polar surface area (TPSA) is 55.8 Å². The quantitative estimate of drug-likeness (QED) is 0.161. The SMILES string of the molecule is CCOc1cc(/C=C2/SC(=O)N(Cc3cccc4ccccc34)C2=O)c(Br)cc1OCc1cccc2ccccc12. The molecule has 7 heteroatoms. The first kappa shape index (κ1) is 27.1. The summed E-state index contributed by atoms with van der Waals surface area (Å²) in [4.78, 5) is 27.9. The second-order valence-electron chi connectivity index (χ2n) is 9.59. The van der Waals surface area contributed by atoms with E-state index in [1.165, 1.54) is 4.90 Å². The van der Waals surface area contributed by atoms with Crippen molar-refractivity contribution in [1.29, 1.82) is 0 Å². The lowest BCUT2D eigenvalue weighted by molar-refractivity contribution is -0.123. The first-order valence-electron chi connectivity index (χ1n) is 13.3. The Hall–Kier alpha value is -4.07. The first-order chi connectivity index (χ1) is 20.0. The van der Waals surface area contributed by atoms with Gasteiger partial charge in [0.15, 0.2) is 11.5 Å². The van der Waals surface area contributed by atoms with Gasteiger partial charge < -0.3 is 9.47 Å². The van der Waals surface area contributed by atoms with Gasteiger partial charge in [-0.05, 0) is 75.1 Å². The summed E-state index contributed by atoms with van der Waals surface area (Å²) in [5.74, 6) is 0.846. The maximum absolute atomic E-state index is 13.4. The molecule has 0 N–H and O–H groups in total. The summed E-state index contributed by atoms with van der Waals surface area (Å²) in [7, 11) is 0. The Kier molecular flexibility index (Phi) is 7.81. The van der Waals surface area contributed by atoms with Gasteiger partial charge in [-0.2, -0.15) is 0 Å². The molecule has 204 valence electrons. The Balaban J connectivity index is 1.25. The van der Waals surface area contributed by atoms with Gasteiger partial charge in [0.2, 0.25) is 0 Å². The van der Waals surface area contributed by atoms with Crippen molar-refractivity contribution >= 4 is 66.5 Å². The third kappa shape index (κ3) is 5.60. The van der Waals surface area contributed by atoms with Crippen LogP contribution < -0.4 is 9.47 Å². The lowest BCUT2D eigenvalue weighted by Crippen LogP contribution is -2.27. The highest BCUT2D eigenvalue weighted by atomic mass is 79.9. The van der Waals surface area contributed by atoms with Crippen molar-refractivity contribution in [3.8, 4) is 11.5 Å². The fourth-order valence-electron chi connectivity index (χ4n) is 4.99. The largest absolute Gasteiger partial charge is 0.490 e. The summed E-state index contributed by atoms with van der Waals surface area (Å²) in [5, 5.41) is 4.11. The minimum Gasteiger partial charge on any atom is -0.490 e. The molecule has 5 aromatic rings. The van der Waals surface area contributed by atoms with Gasteiger partial charge in [0.1, 0.15) is 6.61 Å². The van der Waals surface area contributed by atoms with Crippen LogP contribution in [0.4, 0.5) is 4.79 Å². The van der Waals surface area contributed by atoms with Crippen molar-refractivity contribution in [3.63, 3.8) is 0 Å². The fourth-order valence-corrected chi connectivity index (χ4v) is 6.26. The minimum atomic E-state index is -0.311. The molecule has 0 atom stereocenters. The number of ether oxygens (including phenoxy) is 2. The van der Waals surface area contributed by atoms with Gasteiger partial charge in [-0.15, -0.1) is 0 Å². The molecule has 1 saturated heterocycles. The predicted molar refractivity (Wildman–Crippen MR) is 169 cm³/mol. The summed E-state index contributed by atoms with van der Waals surface area (Å²) >= 11 is 4.59. The molecular weight excluding hydrogens is 598 g/mol. The van der Waals surface area contributed by atoms with Crippen LogP contribution in [0, 0.1) is 0 Å². The zero-order chi connectivity index (χ0) is 28.3. The molecule has 0 aliphatic carbocycles. The molecule has 1 aliphatic heterocycles. The molecule has 0 radical (unpaired) electrons. The number of amides is 2. The molecule has 1 aliphatic rings. The Morgan fingerprint density at radius 3 is 2.10 bits per heavy atom. The molecule has 5 aromatic carbocycles. The average molecular weight is 625 g/mol. The Bertz CT molecular complexity index is 1820. The van der Waals surface area contributed by atoms with Crippen molar-refractivity contribution in [2.75, 3.05) is 6.61 Å². The van der Waals surface area contributed by atoms with Gasteiger partial charge in [-0.1, -0.05) is 101 Å². The van der Waals surface area contributed by atoms with E-state index < -0.39 is 0 Å². The summed E-state index contributed by atoms with van der Waals surface area (Å²) in [5.41, 5.74) is 2.73. The molecule has 2 amide bonds. The third-order valence-corrected chi connectivity index (χ3v) is 8.59. The summed E-state index contributed by atoms with van der Waals surface area (Å²) in [6.07, 6.45) is 1.73. The molecule has 5 nitrogen and oxygen atoms in total. The number of hydrogen-bond donors (Lipinski definition) is 0. The molecule has 0 unspecified atom stereocenters. The lowest BCUT2D eigenvalue weighted by atomic mass is 10.0. The third-order valence-electron chi connectivity index (χ3n) is 6.99. The maximum Gasteiger partial charge on any atom is 0.293 e. The highest BCUT2D eigenvalue weighted by Gasteiger charge is 2.35. The molecule has 41 heavy (non-hydrogen) atoms. The molecule has 0 spiro atoms. The molecule has 1 fully saturated rings. The van der Waals surface area contributed by atoms with Crippen molar-refractivity contribution < 1.29 is 19.1 Å². The predicted octanol–water partition coefficient (Wildman–Crippen LogP) is 8.97. The second-order valence-corrected chi connectivity index (χ2v) is 11.4. The second kappa shape index (κ2) is 11.8. The van der Waals surface area contributed by atoms with Crippen molar-refractivity contribution in [2.24, 2.45) is 0 Å². The van der Waals surface area contributed by atoms with E-state index in [-0.39, 0.29) is 17.7 Å². The number of nitrogens with zero attached hydrogens (tertiary/aromatic N) is 1. The number of thioether (sulfide) groups is 1. The van der Waals surface area contributed by atoms with E-state index in [1.54, 1.807) is 6.08 Å². The highest BCUT2D eigenvalue weighted by Crippen LogP contribution is 2.39. The van der Waals surface area contributed by atoms with E-state index in [0.717, 1.165) is 54.5 Å². The fraction of sp³-hybridized carbons (Fsp3) is 0.118. The van der Waals surface area contributed by atoms with Crippen molar-refractivity contribution in [2.45, 2.75) is 20.1 Å². The number of carbonyl (C=O) groups is 2. The Morgan fingerprint density at radius 2 is 1.39 bits per heavy atom. The van der Waals surface area contributed by atoms with Gasteiger partial charge in [0.25, 0.3) is 11.1 Å². The lowest BCUT2D eigenvalue weighted by Gasteiger charge is -2.15. The summed E-state index contributed by atoms with van der Waals surface area (Å²) < 4.78 is 12.9. The number of rotatable bonds is 8. The van der Waals surface area contributed by atoms with Crippen LogP contribution in [0.5, 0.6) is 11.5 Å². The number of hydrogen-bond acceptors (Lipinski definition) is 5. The molecule has 0 bridgehead atoms. The van der Waals surface area contributed by atoms with Gasteiger partial charge in [0.05, 0.1) is 18.1 Å². The van der Waals surface area contributed by atoms with Crippen LogP contribution in [0.1, 0.15) is 23.6 Å². The minimum absolute atomic E-state index is 0.218. The number of halogens is 1. The van der Waals surface area contributed by atoms with Gasteiger partial charge in [-0.25, -0.2) is 0 Å². The van der Waals surface area contributed by atoms with E-state index in [4.69, 9.17) is 9.47 Å². The maximum atomic E-state index is 13.4. The van der Waals surface area contributed by atoms with Crippen LogP contribution in [0.15, 0.2) is 106 Å². The van der Waals surface area contributed by atoms with Gasteiger partial charge in [-0.3, -0.25) is 14.5 Å². The Morgan fingerprint density at radius 1 is 0.780 bits per heavy atom. The van der Waals surface area contributed by atoms with Crippen molar-refractivity contribution in [1.82, 2.24) is 4.90 Å². The van der Waals surface area contributed by atoms with Crippen LogP contribution in [0.25, 0.3) is 27.6 Å². The van der Waals surface area contributed by atoms with E-state index in [0.29, 0.717) is 29.6 Å². The zero-order valence-electron chi connectivity index (χ0n) is 22.3. The standard InChI is InChI=1S/C34H26BrNO4S/c1-2-39-30-17-26(29(35)19-31(30)40-21-25-14-8-12-23-10-4-6-16-28(23)25)18-32-33(37)36(34(38)41-32)20-24-13-7-11-22-9-3-5-15-27(22)24/h3-19H,2,20-21H2,1H3/b32-18+. The molecule has 6 rings (SSSR count). The summed E-state index contributed by atoms with van der Waals surface area (Å²) in [6.45, 7) is 2.96. The molecule has 0 saturated carbocycles. The monoisotopic (exact) mass is 623 g/mol. The molecule has 1 heterocycles. The number of carbonyl (C=O) groups excluding carboxylic acids is 2. The van der Waals surface area contributed by atoms with Crippen LogP contribution in [-0.2, 0) is 17.9 Å². The van der Waals surface area contributed by atoms with E-state index in [9.17, 15) is 9.59 Å². The first-order valence-corrected chi connectivity index (χ1v) is 14.9. The van der Waals surface area contributed by atoms with Gasteiger partial charge >= 0.3 is 0 Å². The number of benzene rings is 5. The highest BCUT2D eigenvalue weighted by molar-refractivity contribution is 9.10. The van der Waals surface area contributed by atoms with Gasteiger partial charge in [0, 0.05) is 4.47 Å². The van der Waals surface area contributed by atoms with Crippen LogP contribution in [-0.4, -0.2) is 22.7 Å². The van der Waals surface area contributed by atoms with E-state index in [1.807, 2.05) is 79.7 Å². The Labute approximate surface area is 250 Å². The van der Waals surface area contributed by atoms with E-state index >= 15 is 0 Å². The average Bonchev–Trinajstić information content (AvgIpc) is 3.25. The normalized spacial score (nSPS) is 14.4. The van der Waals surface area contributed by atoms with E-state index in [2.05, 4.69) is 40.2 Å². The molecule has 0 aromatic heterocycles. The smallest absolute Gasteiger partial charge is 0.293 e. The van der Waals surface area contributed by atoms with Crippen molar-refractivity contribution in [3.05, 3.63) is 123 Å². The van der Waals surface area contributed by atoms with Crippen LogP contribution in [0.2, 0.25) is 0 Å².